The highest BCUT2D eigenvalue weighted by Gasteiger charge is 2.14. The number of carbonyl (C=O) groups excluding carboxylic acids is 1. The Morgan fingerprint density at radius 1 is 1.33 bits per heavy atom. The van der Waals surface area contributed by atoms with Gasteiger partial charge in [-0.2, -0.15) is 5.10 Å². The van der Waals surface area contributed by atoms with E-state index in [1.54, 1.807) is 42.9 Å². The van der Waals surface area contributed by atoms with E-state index in [4.69, 9.17) is 0 Å². The molecule has 1 heterocycles. The van der Waals surface area contributed by atoms with Crippen molar-refractivity contribution in [3.63, 3.8) is 0 Å². The number of esters is 1. The zero-order valence-corrected chi connectivity index (χ0v) is 10.5. The van der Waals surface area contributed by atoms with Gasteiger partial charge >= 0.3 is 5.97 Å². The van der Waals surface area contributed by atoms with Gasteiger partial charge in [-0.15, -0.1) is 0 Å². The number of benzene rings is 1. The molecule has 0 bridgehead atoms. The maximum Gasteiger partial charge on any atom is 0.337 e. The van der Waals surface area contributed by atoms with Crippen LogP contribution in [0.2, 0.25) is 0 Å². The van der Waals surface area contributed by atoms with Gasteiger partial charge in [-0.05, 0) is 19.1 Å². The number of carbonyl (C=O) groups is 1. The zero-order chi connectivity index (χ0) is 13.3. The molecule has 5 nitrogen and oxygen atoms in total. The van der Waals surface area contributed by atoms with Crippen molar-refractivity contribution in [1.82, 2.24) is 9.78 Å². The van der Waals surface area contributed by atoms with E-state index in [0.717, 1.165) is 5.56 Å². The number of aryl methyl sites for hydroxylation is 1. The first kappa shape index (κ1) is 12.2. The van der Waals surface area contributed by atoms with E-state index in [1.165, 1.54) is 7.11 Å². The number of methoxy groups -OCH3 is 1. The minimum atomic E-state index is -0.386. The number of aromatic hydroxyl groups is 1. The Bertz CT molecular complexity index is 585. The first-order valence-electron chi connectivity index (χ1n) is 5.46. The fourth-order valence-corrected chi connectivity index (χ4v) is 1.67. The lowest BCUT2D eigenvalue weighted by molar-refractivity contribution is 0.0601. The third-order valence-corrected chi connectivity index (χ3v) is 2.88. The van der Waals surface area contributed by atoms with Crippen LogP contribution in [0.5, 0.6) is 5.75 Å². The second-order valence-corrected chi connectivity index (χ2v) is 3.98. The van der Waals surface area contributed by atoms with Crippen molar-refractivity contribution >= 4 is 5.97 Å². The molecule has 5 heteroatoms. The van der Waals surface area contributed by atoms with E-state index in [1.807, 2.05) is 0 Å². The lowest BCUT2D eigenvalue weighted by Crippen LogP contribution is -2.00. The van der Waals surface area contributed by atoms with Gasteiger partial charge in [0.25, 0.3) is 0 Å². The lowest BCUT2D eigenvalue weighted by Gasteiger charge is -2.01. The molecule has 1 aromatic heterocycles. The Morgan fingerprint density at radius 3 is 2.39 bits per heavy atom. The van der Waals surface area contributed by atoms with Gasteiger partial charge in [-0.3, -0.25) is 4.68 Å². The summed E-state index contributed by atoms with van der Waals surface area (Å²) in [6, 6.07) is 6.75. The van der Waals surface area contributed by atoms with Gasteiger partial charge in [0.15, 0.2) is 5.75 Å². The predicted molar refractivity (Wildman–Crippen MR) is 66.4 cm³/mol. The van der Waals surface area contributed by atoms with Gasteiger partial charge in [0.1, 0.15) is 5.69 Å². The predicted octanol–water partition coefficient (Wildman–Crippen LogP) is 1.89. The third kappa shape index (κ3) is 1.95. The highest BCUT2D eigenvalue weighted by molar-refractivity contribution is 5.90. The molecular formula is C13H14N2O3. The van der Waals surface area contributed by atoms with E-state index in [-0.39, 0.29) is 11.7 Å². The molecule has 0 unspecified atom stereocenters. The Morgan fingerprint density at radius 2 is 1.94 bits per heavy atom. The summed E-state index contributed by atoms with van der Waals surface area (Å²) in [5.41, 5.74) is 2.42. The highest BCUT2D eigenvalue weighted by atomic mass is 16.5. The molecule has 2 aromatic rings. The van der Waals surface area contributed by atoms with Crippen LogP contribution in [0.1, 0.15) is 16.1 Å². The molecule has 0 radical (unpaired) electrons. The van der Waals surface area contributed by atoms with Crippen LogP contribution in [-0.2, 0) is 11.8 Å². The average Bonchev–Trinajstić information content (AvgIpc) is 2.66. The van der Waals surface area contributed by atoms with Crippen molar-refractivity contribution in [2.45, 2.75) is 6.92 Å². The molecule has 0 amide bonds. The topological polar surface area (TPSA) is 64.3 Å². The van der Waals surface area contributed by atoms with Gasteiger partial charge in [-0.1, -0.05) is 12.1 Å². The molecular weight excluding hydrogens is 232 g/mol. The molecule has 0 aliphatic carbocycles. The van der Waals surface area contributed by atoms with Crippen molar-refractivity contribution in [2.24, 2.45) is 7.05 Å². The molecule has 1 N–H and O–H groups in total. The summed E-state index contributed by atoms with van der Waals surface area (Å²) in [7, 11) is 3.10. The Kier molecular flexibility index (Phi) is 3.06. The molecule has 0 aliphatic rings. The van der Waals surface area contributed by atoms with E-state index in [0.29, 0.717) is 17.0 Å². The van der Waals surface area contributed by atoms with E-state index >= 15 is 0 Å². The number of hydrogen-bond donors (Lipinski definition) is 1. The van der Waals surface area contributed by atoms with Crippen LogP contribution in [0.3, 0.4) is 0 Å². The van der Waals surface area contributed by atoms with Gasteiger partial charge < -0.3 is 9.84 Å². The van der Waals surface area contributed by atoms with Crippen molar-refractivity contribution in [3.8, 4) is 17.0 Å². The molecule has 0 saturated carbocycles. The first-order valence-corrected chi connectivity index (χ1v) is 5.46. The minimum absolute atomic E-state index is 0.156. The molecule has 0 atom stereocenters. The van der Waals surface area contributed by atoms with Crippen LogP contribution < -0.4 is 0 Å². The van der Waals surface area contributed by atoms with E-state index in [2.05, 4.69) is 9.84 Å². The Balaban J connectivity index is 2.40. The van der Waals surface area contributed by atoms with E-state index in [9.17, 15) is 9.90 Å². The fraction of sp³-hybridized carbons (Fsp3) is 0.231. The summed E-state index contributed by atoms with van der Waals surface area (Å²) in [4.78, 5) is 11.3. The van der Waals surface area contributed by atoms with Crippen LogP contribution in [0.25, 0.3) is 11.3 Å². The number of aromatic nitrogens is 2. The standard InChI is InChI=1S/C13H14N2O3/c1-8-12(16)11(14-15(8)2)9-4-6-10(7-5-9)13(17)18-3/h4-7,16H,1-3H3. The summed E-state index contributed by atoms with van der Waals surface area (Å²) in [6.07, 6.45) is 0. The number of nitrogens with zero attached hydrogens (tertiary/aromatic N) is 2. The van der Waals surface area contributed by atoms with Crippen LogP contribution in [0.15, 0.2) is 24.3 Å². The number of rotatable bonds is 2. The van der Waals surface area contributed by atoms with Crippen LogP contribution in [-0.4, -0.2) is 28.0 Å². The van der Waals surface area contributed by atoms with Gasteiger partial charge in [0.2, 0.25) is 0 Å². The minimum Gasteiger partial charge on any atom is -0.504 e. The summed E-state index contributed by atoms with van der Waals surface area (Å²) in [5.74, 6) is -0.230. The van der Waals surface area contributed by atoms with Gasteiger partial charge in [0, 0.05) is 12.6 Å². The maximum absolute atomic E-state index is 11.3. The smallest absolute Gasteiger partial charge is 0.337 e. The second-order valence-electron chi connectivity index (χ2n) is 3.98. The number of ether oxygens (including phenoxy) is 1. The molecule has 1 aromatic carbocycles. The van der Waals surface area contributed by atoms with Crippen molar-refractivity contribution < 1.29 is 14.6 Å². The summed E-state index contributed by atoms with van der Waals surface area (Å²) < 4.78 is 6.23. The maximum atomic E-state index is 11.3. The molecule has 2 rings (SSSR count). The lowest BCUT2D eigenvalue weighted by atomic mass is 10.1. The van der Waals surface area contributed by atoms with Crippen molar-refractivity contribution in [2.75, 3.05) is 7.11 Å². The third-order valence-electron chi connectivity index (χ3n) is 2.88. The largest absolute Gasteiger partial charge is 0.504 e. The molecule has 0 aliphatic heterocycles. The summed E-state index contributed by atoms with van der Waals surface area (Å²) >= 11 is 0. The monoisotopic (exact) mass is 246 g/mol. The van der Waals surface area contributed by atoms with Crippen molar-refractivity contribution in [1.29, 1.82) is 0 Å². The van der Waals surface area contributed by atoms with Crippen LogP contribution >= 0.6 is 0 Å². The van der Waals surface area contributed by atoms with Crippen LogP contribution in [0, 0.1) is 6.92 Å². The molecule has 0 fully saturated rings. The average molecular weight is 246 g/mol. The molecule has 0 spiro atoms. The zero-order valence-electron chi connectivity index (χ0n) is 10.5. The first-order chi connectivity index (χ1) is 8.54. The van der Waals surface area contributed by atoms with Gasteiger partial charge in [0.05, 0.1) is 18.4 Å². The SMILES string of the molecule is COC(=O)c1ccc(-c2nn(C)c(C)c2O)cc1. The quantitative estimate of drug-likeness (QED) is 0.822. The Hall–Kier alpha value is -2.30. The second kappa shape index (κ2) is 4.52. The van der Waals surface area contributed by atoms with Gasteiger partial charge in [-0.25, -0.2) is 4.79 Å². The van der Waals surface area contributed by atoms with E-state index < -0.39 is 0 Å². The van der Waals surface area contributed by atoms with Crippen LogP contribution in [0.4, 0.5) is 0 Å². The fourth-order valence-electron chi connectivity index (χ4n) is 1.67. The Labute approximate surface area is 105 Å². The molecule has 94 valence electrons. The molecule has 0 saturated heterocycles. The van der Waals surface area contributed by atoms with Crippen molar-refractivity contribution in [3.05, 3.63) is 35.5 Å². The summed E-state index contributed by atoms with van der Waals surface area (Å²) in [5, 5.41) is 14.1. The summed E-state index contributed by atoms with van der Waals surface area (Å²) in [6.45, 7) is 1.79. The highest BCUT2D eigenvalue weighted by Crippen LogP contribution is 2.30. The molecule has 18 heavy (non-hydrogen) atoms. The normalized spacial score (nSPS) is 10.4. The number of hydrogen-bond acceptors (Lipinski definition) is 4.